The molecule has 3 amide bonds. The Morgan fingerprint density at radius 1 is 1.11 bits per heavy atom. The van der Waals surface area contributed by atoms with E-state index in [9.17, 15) is 14.4 Å². The van der Waals surface area contributed by atoms with Crippen LogP contribution in [-0.4, -0.2) is 28.7 Å². The minimum absolute atomic E-state index is 0.153. The van der Waals surface area contributed by atoms with E-state index in [4.69, 9.17) is 0 Å². The maximum Gasteiger partial charge on any atom is 0.255 e. The minimum atomic E-state index is -0.592. The van der Waals surface area contributed by atoms with Crippen LogP contribution in [0.15, 0.2) is 36.4 Å². The quantitative estimate of drug-likeness (QED) is 0.803. The molecule has 2 N–H and O–H groups in total. The lowest BCUT2D eigenvalue weighted by Crippen LogP contribution is -2.52. The lowest BCUT2D eigenvalue weighted by atomic mass is 10.0. The standard InChI is InChI=1S/C22H23N3O3/c1-13-6-7-15(10-14(13)2)11-23-18-5-3-4-16-17(18)12-25(22(16)28)19-8-9-20(26)24-21(19)27/h3-7,10,19,23H,8-9,11-12H2,1-2H3,(H,24,26,27). The number of amides is 3. The Bertz CT molecular complexity index is 983. The molecule has 1 unspecified atom stereocenters. The Morgan fingerprint density at radius 2 is 1.93 bits per heavy atom. The molecule has 28 heavy (non-hydrogen) atoms. The fourth-order valence-corrected chi connectivity index (χ4v) is 3.86. The molecule has 6 nitrogen and oxygen atoms in total. The zero-order valence-corrected chi connectivity index (χ0v) is 16.0. The van der Waals surface area contributed by atoms with Gasteiger partial charge in [-0.2, -0.15) is 0 Å². The summed E-state index contributed by atoms with van der Waals surface area (Å²) in [7, 11) is 0. The van der Waals surface area contributed by atoms with Crippen molar-refractivity contribution < 1.29 is 14.4 Å². The van der Waals surface area contributed by atoms with Crippen molar-refractivity contribution in [3.63, 3.8) is 0 Å². The molecule has 0 spiro atoms. The summed E-state index contributed by atoms with van der Waals surface area (Å²) in [4.78, 5) is 38.1. The van der Waals surface area contributed by atoms with Crippen LogP contribution in [0.5, 0.6) is 0 Å². The normalized spacial score (nSPS) is 18.9. The molecule has 2 aromatic carbocycles. The molecule has 6 heteroatoms. The summed E-state index contributed by atoms with van der Waals surface area (Å²) in [6, 6.07) is 11.4. The van der Waals surface area contributed by atoms with Gasteiger partial charge in [0.2, 0.25) is 11.8 Å². The van der Waals surface area contributed by atoms with E-state index in [1.165, 1.54) is 16.7 Å². The molecule has 2 aliphatic heterocycles. The number of fused-ring (bicyclic) bond motifs is 1. The first-order chi connectivity index (χ1) is 13.4. The lowest BCUT2D eigenvalue weighted by Gasteiger charge is -2.29. The van der Waals surface area contributed by atoms with Crippen molar-refractivity contribution >= 4 is 23.4 Å². The van der Waals surface area contributed by atoms with Crippen molar-refractivity contribution in [3.05, 3.63) is 64.2 Å². The first-order valence-electron chi connectivity index (χ1n) is 9.50. The molecule has 144 valence electrons. The first-order valence-corrected chi connectivity index (χ1v) is 9.50. The topological polar surface area (TPSA) is 78.5 Å². The number of aryl methyl sites for hydroxylation is 2. The van der Waals surface area contributed by atoms with Crippen LogP contribution in [0.4, 0.5) is 5.69 Å². The third-order valence-corrected chi connectivity index (χ3v) is 5.64. The van der Waals surface area contributed by atoms with E-state index in [-0.39, 0.29) is 24.1 Å². The van der Waals surface area contributed by atoms with E-state index >= 15 is 0 Å². The first kappa shape index (κ1) is 18.2. The average Bonchev–Trinajstić information content (AvgIpc) is 3.00. The van der Waals surface area contributed by atoms with Crippen LogP contribution in [0.2, 0.25) is 0 Å². The SMILES string of the molecule is Cc1ccc(CNc2cccc3c2CN(C2CCC(=O)NC2=O)C3=O)cc1C. The largest absolute Gasteiger partial charge is 0.381 e. The maximum absolute atomic E-state index is 12.9. The van der Waals surface area contributed by atoms with Crippen LogP contribution in [0.1, 0.15) is 45.5 Å². The van der Waals surface area contributed by atoms with Crippen molar-refractivity contribution in [2.45, 2.75) is 45.8 Å². The molecule has 1 fully saturated rings. The molecule has 0 aliphatic carbocycles. The smallest absolute Gasteiger partial charge is 0.255 e. The van der Waals surface area contributed by atoms with Crippen molar-refractivity contribution in [3.8, 4) is 0 Å². The average molecular weight is 377 g/mol. The number of nitrogens with one attached hydrogen (secondary N) is 2. The van der Waals surface area contributed by atoms with Crippen molar-refractivity contribution in [1.29, 1.82) is 0 Å². The van der Waals surface area contributed by atoms with Gasteiger partial charge in [0.25, 0.3) is 5.91 Å². The summed E-state index contributed by atoms with van der Waals surface area (Å²) in [5.41, 5.74) is 6.10. The van der Waals surface area contributed by atoms with Gasteiger partial charge in [0, 0.05) is 36.3 Å². The molecule has 1 atom stereocenters. The van der Waals surface area contributed by atoms with Crippen LogP contribution >= 0.6 is 0 Å². The van der Waals surface area contributed by atoms with E-state index in [1.807, 2.05) is 12.1 Å². The second-order valence-electron chi connectivity index (χ2n) is 7.50. The second-order valence-corrected chi connectivity index (χ2v) is 7.50. The molecule has 2 heterocycles. The van der Waals surface area contributed by atoms with E-state index in [1.54, 1.807) is 11.0 Å². The van der Waals surface area contributed by atoms with Crippen molar-refractivity contribution in [2.75, 3.05) is 5.32 Å². The molecular weight excluding hydrogens is 354 g/mol. The molecule has 0 bridgehead atoms. The van der Waals surface area contributed by atoms with Crippen LogP contribution < -0.4 is 10.6 Å². The maximum atomic E-state index is 12.9. The molecule has 0 aromatic heterocycles. The van der Waals surface area contributed by atoms with E-state index in [0.717, 1.165) is 11.3 Å². The van der Waals surface area contributed by atoms with Crippen molar-refractivity contribution in [1.82, 2.24) is 10.2 Å². The van der Waals surface area contributed by atoms with Gasteiger partial charge in [-0.3, -0.25) is 19.7 Å². The second kappa shape index (κ2) is 7.11. The van der Waals surface area contributed by atoms with Gasteiger partial charge < -0.3 is 10.2 Å². The number of imide groups is 1. The molecule has 1 saturated heterocycles. The van der Waals surface area contributed by atoms with Gasteiger partial charge >= 0.3 is 0 Å². The summed E-state index contributed by atoms with van der Waals surface area (Å²) < 4.78 is 0. The molecule has 4 rings (SSSR count). The number of rotatable bonds is 4. The summed E-state index contributed by atoms with van der Waals surface area (Å²) in [6.45, 7) is 5.21. The van der Waals surface area contributed by atoms with Crippen LogP contribution in [0, 0.1) is 13.8 Å². The van der Waals surface area contributed by atoms with E-state index < -0.39 is 6.04 Å². The number of hydrogen-bond donors (Lipinski definition) is 2. The predicted octanol–water partition coefficient (Wildman–Crippen LogP) is 2.68. The number of hydrogen-bond acceptors (Lipinski definition) is 4. The third kappa shape index (κ3) is 3.26. The summed E-state index contributed by atoms with van der Waals surface area (Å²) in [5.74, 6) is -0.817. The highest BCUT2D eigenvalue weighted by Crippen LogP contribution is 2.32. The molecular formula is C22H23N3O3. The Hall–Kier alpha value is -3.15. The van der Waals surface area contributed by atoms with Crippen LogP contribution in [0.25, 0.3) is 0 Å². The Labute approximate surface area is 163 Å². The monoisotopic (exact) mass is 377 g/mol. The number of carbonyl (C=O) groups excluding carboxylic acids is 3. The Morgan fingerprint density at radius 3 is 2.68 bits per heavy atom. The zero-order valence-electron chi connectivity index (χ0n) is 16.0. The summed E-state index contributed by atoms with van der Waals surface area (Å²) in [5, 5.41) is 5.77. The van der Waals surface area contributed by atoms with Crippen LogP contribution in [-0.2, 0) is 22.7 Å². The molecule has 0 radical (unpaired) electrons. The van der Waals surface area contributed by atoms with E-state index in [0.29, 0.717) is 25.1 Å². The van der Waals surface area contributed by atoms with Gasteiger partial charge in [0.05, 0.1) is 0 Å². The summed E-state index contributed by atoms with van der Waals surface area (Å²) in [6.07, 6.45) is 0.629. The number of anilines is 1. The Kier molecular flexibility index (Phi) is 4.63. The third-order valence-electron chi connectivity index (χ3n) is 5.64. The Balaban J connectivity index is 1.53. The van der Waals surface area contributed by atoms with Gasteiger partial charge in [-0.05, 0) is 49.1 Å². The van der Waals surface area contributed by atoms with Crippen LogP contribution in [0.3, 0.4) is 0 Å². The van der Waals surface area contributed by atoms with Gasteiger partial charge in [-0.15, -0.1) is 0 Å². The van der Waals surface area contributed by atoms with E-state index in [2.05, 4.69) is 42.7 Å². The molecule has 2 aliphatic rings. The predicted molar refractivity (Wildman–Crippen MR) is 106 cm³/mol. The fourth-order valence-electron chi connectivity index (χ4n) is 3.86. The van der Waals surface area contributed by atoms with Crippen molar-refractivity contribution in [2.24, 2.45) is 0 Å². The van der Waals surface area contributed by atoms with Gasteiger partial charge in [-0.25, -0.2) is 0 Å². The lowest BCUT2D eigenvalue weighted by molar-refractivity contribution is -0.136. The summed E-state index contributed by atoms with van der Waals surface area (Å²) >= 11 is 0. The number of benzene rings is 2. The highest BCUT2D eigenvalue weighted by molar-refractivity contribution is 6.06. The number of piperidine rings is 1. The molecule has 0 saturated carbocycles. The highest BCUT2D eigenvalue weighted by Gasteiger charge is 2.39. The highest BCUT2D eigenvalue weighted by atomic mass is 16.2. The zero-order chi connectivity index (χ0) is 19.8. The van der Waals surface area contributed by atoms with Gasteiger partial charge in [0.1, 0.15) is 6.04 Å². The number of carbonyl (C=O) groups is 3. The van der Waals surface area contributed by atoms with Gasteiger partial charge in [-0.1, -0.05) is 24.3 Å². The minimum Gasteiger partial charge on any atom is -0.381 e. The number of nitrogens with zero attached hydrogens (tertiary/aromatic N) is 1. The fraction of sp³-hybridized carbons (Fsp3) is 0.318. The van der Waals surface area contributed by atoms with Gasteiger partial charge in [0.15, 0.2) is 0 Å². The molecule has 2 aromatic rings.